The van der Waals surface area contributed by atoms with E-state index in [9.17, 15) is 4.79 Å². The van der Waals surface area contributed by atoms with E-state index in [0.29, 0.717) is 11.4 Å². The summed E-state index contributed by atoms with van der Waals surface area (Å²) in [5.41, 5.74) is 2.13. The molecule has 0 saturated heterocycles. The number of rotatable bonds is 5. The van der Waals surface area contributed by atoms with Crippen molar-refractivity contribution < 1.29 is 4.79 Å². The summed E-state index contributed by atoms with van der Waals surface area (Å²) in [6.07, 6.45) is 5.08. The second-order valence-corrected chi connectivity index (χ2v) is 4.13. The van der Waals surface area contributed by atoms with E-state index >= 15 is 0 Å². The van der Waals surface area contributed by atoms with Crippen molar-refractivity contribution in [2.75, 3.05) is 0 Å². The van der Waals surface area contributed by atoms with Gasteiger partial charge in [0.05, 0.1) is 0 Å². The first-order valence-corrected chi connectivity index (χ1v) is 6.28. The molecule has 0 spiro atoms. The minimum absolute atomic E-state index is 0.0431. The number of aromatic nitrogens is 3. The number of aryl methyl sites for hydroxylation is 2. The minimum atomic E-state index is -0.0431. The number of hydrogen-bond acceptors (Lipinski definition) is 3. The smallest absolute Gasteiger partial charge is 0.229 e. The number of hydrogen-bond donors (Lipinski definition) is 0. The van der Waals surface area contributed by atoms with E-state index < -0.39 is 0 Å². The van der Waals surface area contributed by atoms with Crippen LogP contribution >= 0.6 is 0 Å². The highest BCUT2D eigenvalue weighted by Crippen LogP contribution is 2.13. The lowest BCUT2D eigenvalue weighted by atomic mass is 10.1. The van der Waals surface area contributed by atoms with Crippen molar-refractivity contribution in [1.82, 2.24) is 14.8 Å². The number of carbonyl (C=O) groups is 1. The number of pyridine rings is 1. The second-order valence-electron chi connectivity index (χ2n) is 4.13. The Balaban J connectivity index is 2.38. The minimum Gasteiger partial charge on any atom is -0.285 e. The summed E-state index contributed by atoms with van der Waals surface area (Å²) in [6, 6.07) is 5.56. The highest BCUT2D eigenvalue weighted by atomic mass is 16.1. The lowest BCUT2D eigenvalue weighted by molar-refractivity contribution is 0.102. The van der Waals surface area contributed by atoms with Gasteiger partial charge in [0.15, 0.2) is 0 Å². The van der Waals surface area contributed by atoms with Crippen LogP contribution in [0.2, 0.25) is 0 Å². The van der Waals surface area contributed by atoms with E-state index in [1.807, 2.05) is 19.1 Å². The zero-order chi connectivity index (χ0) is 13.0. The molecule has 0 unspecified atom stereocenters. The summed E-state index contributed by atoms with van der Waals surface area (Å²) in [5, 5.41) is 4.18. The maximum atomic E-state index is 12.5. The van der Waals surface area contributed by atoms with Crippen LogP contribution in [0.1, 0.15) is 42.0 Å². The van der Waals surface area contributed by atoms with Gasteiger partial charge >= 0.3 is 0 Å². The third-order valence-corrected chi connectivity index (χ3v) is 2.87. The summed E-state index contributed by atoms with van der Waals surface area (Å²) < 4.78 is 1.75. The lowest BCUT2D eigenvalue weighted by Crippen LogP contribution is -2.14. The first kappa shape index (κ1) is 12.5. The van der Waals surface area contributed by atoms with E-state index in [1.54, 1.807) is 23.1 Å². The van der Waals surface area contributed by atoms with Gasteiger partial charge in [-0.25, -0.2) is 0 Å². The van der Waals surface area contributed by atoms with Gasteiger partial charge in [-0.2, -0.15) is 5.10 Å². The van der Waals surface area contributed by atoms with Crippen LogP contribution < -0.4 is 0 Å². The molecule has 0 aliphatic carbocycles. The molecular formula is C14H17N3O. The Morgan fingerprint density at radius 3 is 2.83 bits per heavy atom. The molecule has 0 fully saturated rings. The maximum absolute atomic E-state index is 12.5. The summed E-state index contributed by atoms with van der Waals surface area (Å²) in [6.45, 7) is 4.84. The largest absolute Gasteiger partial charge is 0.285 e. The quantitative estimate of drug-likeness (QED) is 0.758. The number of nitrogens with zero attached hydrogens (tertiary/aromatic N) is 3. The first-order valence-electron chi connectivity index (χ1n) is 6.28. The van der Waals surface area contributed by atoms with Crippen molar-refractivity contribution in [2.24, 2.45) is 0 Å². The fourth-order valence-corrected chi connectivity index (χ4v) is 1.97. The van der Waals surface area contributed by atoms with E-state index in [0.717, 1.165) is 24.9 Å². The molecule has 0 aliphatic rings. The fraction of sp³-hybridized carbons (Fsp3) is 0.357. The molecule has 2 rings (SSSR count). The van der Waals surface area contributed by atoms with Gasteiger partial charge in [0, 0.05) is 18.9 Å². The van der Waals surface area contributed by atoms with Crippen LogP contribution in [-0.4, -0.2) is 20.5 Å². The number of carbonyl (C=O) groups excluding carboxylic acids is 1. The van der Waals surface area contributed by atoms with Gasteiger partial charge < -0.3 is 0 Å². The van der Waals surface area contributed by atoms with Crippen LogP contribution in [0.25, 0.3) is 0 Å². The zero-order valence-electron chi connectivity index (χ0n) is 10.8. The standard InChI is InChI=1S/C14H17N3O/c1-3-10-17-12(7-9-16-17)14(18)13-11(4-2)6-5-8-15-13/h5-9H,3-4,10H2,1-2H3. The van der Waals surface area contributed by atoms with Gasteiger partial charge in [-0.15, -0.1) is 0 Å². The zero-order valence-corrected chi connectivity index (χ0v) is 10.8. The molecule has 4 nitrogen and oxygen atoms in total. The normalized spacial score (nSPS) is 10.6. The molecule has 18 heavy (non-hydrogen) atoms. The molecule has 0 bridgehead atoms. The van der Waals surface area contributed by atoms with E-state index in [1.165, 1.54) is 0 Å². The van der Waals surface area contributed by atoms with Gasteiger partial charge in [0.25, 0.3) is 0 Å². The average Bonchev–Trinajstić information content (AvgIpc) is 2.86. The molecule has 0 atom stereocenters. The fourth-order valence-electron chi connectivity index (χ4n) is 1.97. The Hall–Kier alpha value is -1.97. The van der Waals surface area contributed by atoms with Gasteiger partial charge in [0.2, 0.25) is 5.78 Å². The van der Waals surface area contributed by atoms with Crippen molar-refractivity contribution in [3.63, 3.8) is 0 Å². The maximum Gasteiger partial charge on any atom is 0.229 e. The third kappa shape index (κ3) is 2.32. The van der Waals surface area contributed by atoms with Crippen molar-refractivity contribution >= 4 is 5.78 Å². The average molecular weight is 243 g/mol. The summed E-state index contributed by atoms with van der Waals surface area (Å²) in [4.78, 5) is 16.7. The highest BCUT2D eigenvalue weighted by Gasteiger charge is 2.17. The predicted molar refractivity (Wildman–Crippen MR) is 69.6 cm³/mol. The topological polar surface area (TPSA) is 47.8 Å². The van der Waals surface area contributed by atoms with Crippen molar-refractivity contribution in [3.05, 3.63) is 47.5 Å². The van der Waals surface area contributed by atoms with Crippen LogP contribution in [0.3, 0.4) is 0 Å². The monoisotopic (exact) mass is 243 g/mol. The molecule has 0 N–H and O–H groups in total. The molecular weight excluding hydrogens is 226 g/mol. The summed E-state index contributed by atoms with van der Waals surface area (Å²) >= 11 is 0. The third-order valence-electron chi connectivity index (χ3n) is 2.87. The second kappa shape index (κ2) is 5.58. The summed E-state index contributed by atoms with van der Waals surface area (Å²) in [7, 11) is 0. The molecule has 0 aliphatic heterocycles. The molecule has 0 saturated carbocycles. The molecule has 2 aromatic heterocycles. The van der Waals surface area contributed by atoms with Crippen LogP contribution in [0.5, 0.6) is 0 Å². The molecule has 0 radical (unpaired) electrons. The Bertz CT molecular complexity index is 545. The molecule has 4 heteroatoms. The Kier molecular flexibility index (Phi) is 3.87. The van der Waals surface area contributed by atoms with E-state index in [4.69, 9.17) is 0 Å². The predicted octanol–water partition coefficient (Wildman–Crippen LogP) is 2.48. The summed E-state index contributed by atoms with van der Waals surface area (Å²) in [5.74, 6) is -0.0431. The van der Waals surface area contributed by atoms with E-state index in [2.05, 4.69) is 17.0 Å². The van der Waals surface area contributed by atoms with Gasteiger partial charge in [-0.1, -0.05) is 19.9 Å². The molecule has 0 amide bonds. The van der Waals surface area contributed by atoms with Crippen LogP contribution in [0.4, 0.5) is 0 Å². The SMILES string of the molecule is CCCn1nccc1C(=O)c1ncccc1CC. The van der Waals surface area contributed by atoms with Gasteiger partial charge in [0.1, 0.15) is 11.4 Å². The van der Waals surface area contributed by atoms with Crippen LogP contribution in [-0.2, 0) is 13.0 Å². The Labute approximate surface area is 107 Å². The van der Waals surface area contributed by atoms with Crippen LogP contribution in [0, 0.1) is 0 Å². The Morgan fingerprint density at radius 1 is 1.28 bits per heavy atom. The van der Waals surface area contributed by atoms with Crippen molar-refractivity contribution in [3.8, 4) is 0 Å². The first-order chi connectivity index (χ1) is 8.77. The van der Waals surface area contributed by atoms with Crippen molar-refractivity contribution in [1.29, 1.82) is 0 Å². The van der Waals surface area contributed by atoms with Crippen LogP contribution in [0.15, 0.2) is 30.6 Å². The lowest BCUT2D eigenvalue weighted by Gasteiger charge is -2.07. The van der Waals surface area contributed by atoms with E-state index in [-0.39, 0.29) is 5.78 Å². The van der Waals surface area contributed by atoms with Crippen molar-refractivity contribution in [2.45, 2.75) is 33.2 Å². The molecule has 0 aromatic carbocycles. The highest BCUT2D eigenvalue weighted by molar-refractivity contribution is 6.07. The molecule has 2 aromatic rings. The Morgan fingerprint density at radius 2 is 2.11 bits per heavy atom. The van der Waals surface area contributed by atoms with Gasteiger partial charge in [-0.05, 0) is 30.5 Å². The number of ketones is 1. The molecule has 94 valence electrons. The molecule has 2 heterocycles. The van der Waals surface area contributed by atoms with Gasteiger partial charge in [-0.3, -0.25) is 14.5 Å².